The summed E-state index contributed by atoms with van der Waals surface area (Å²) in [6.07, 6.45) is 5.48. The highest BCUT2D eigenvalue weighted by Crippen LogP contribution is 2.27. The van der Waals surface area contributed by atoms with E-state index in [0.717, 1.165) is 12.0 Å². The van der Waals surface area contributed by atoms with Gasteiger partial charge in [-0.2, -0.15) is 0 Å². The maximum Gasteiger partial charge on any atom is 0.0107 e. The van der Waals surface area contributed by atoms with Gasteiger partial charge in [0.25, 0.3) is 0 Å². The Hall–Kier alpha value is -0.0800. The van der Waals surface area contributed by atoms with E-state index in [2.05, 4.69) is 37.9 Å². The molecule has 0 aromatic rings. The summed E-state index contributed by atoms with van der Waals surface area (Å²) in [5.74, 6) is 0.883. The molecule has 96 valence electrons. The molecule has 1 aliphatic carbocycles. The molecule has 1 N–H and O–H groups in total. The number of hydrogen-bond donors (Lipinski definition) is 1. The number of hydrogen-bond acceptors (Lipinski definition) is 2. The molecule has 0 saturated heterocycles. The van der Waals surface area contributed by atoms with Crippen LogP contribution in [0.25, 0.3) is 0 Å². The zero-order chi connectivity index (χ0) is 12.0. The minimum absolute atomic E-state index is 0.692. The van der Waals surface area contributed by atoms with Gasteiger partial charge in [0.2, 0.25) is 0 Å². The van der Waals surface area contributed by atoms with Crippen molar-refractivity contribution in [2.45, 2.75) is 65.5 Å². The molecule has 0 amide bonds. The molecule has 0 heterocycles. The van der Waals surface area contributed by atoms with Gasteiger partial charge in [-0.1, -0.05) is 20.3 Å². The van der Waals surface area contributed by atoms with Gasteiger partial charge < -0.3 is 10.2 Å². The zero-order valence-electron chi connectivity index (χ0n) is 11.6. The monoisotopic (exact) mass is 226 g/mol. The van der Waals surface area contributed by atoms with Crippen LogP contribution in [-0.2, 0) is 0 Å². The standard InChI is InChI=1S/C14H30N2/c1-5-10-15-14-9-7-8-13(14)11-16(6-2)12(3)4/h12-15H,5-11H2,1-4H3. The lowest BCUT2D eigenvalue weighted by molar-refractivity contribution is 0.183. The van der Waals surface area contributed by atoms with E-state index in [0.29, 0.717) is 6.04 Å². The minimum Gasteiger partial charge on any atom is -0.314 e. The molecule has 0 radical (unpaired) electrons. The van der Waals surface area contributed by atoms with Gasteiger partial charge in [0.15, 0.2) is 0 Å². The van der Waals surface area contributed by atoms with Crippen LogP contribution in [0.3, 0.4) is 0 Å². The van der Waals surface area contributed by atoms with Crippen molar-refractivity contribution in [3.63, 3.8) is 0 Å². The molecule has 0 bridgehead atoms. The molecule has 1 aliphatic rings. The number of nitrogens with one attached hydrogen (secondary N) is 1. The average molecular weight is 226 g/mol. The quantitative estimate of drug-likeness (QED) is 0.718. The van der Waals surface area contributed by atoms with Crippen molar-refractivity contribution in [3.8, 4) is 0 Å². The number of nitrogens with zero attached hydrogens (tertiary/aromatic N) is 1. The summed E-state index contributed by atoms with van der Waals surface area (Å²) >= 11 is 0. The van der Waals surface area contributed by atoms with Gasteiger partial charge in [-0.05, 0) is 52.1 Å². The van der Waals surface area contributed by atoms with Gasteiger partial charge in [0.05, 0.1) is 0 Å². The van der Waals surface area contributed by atoms with Crippen LogP contribution in [0.15, 0.2) is 0 Å². The van der Waals surface area contributed by atoms with Crippen LogP contribution in [0.2, 0.25) is 0 Å². The van der Waals surface area contributed by atoms with Gasteiger partial charge in [-0.15, -0.1) is 0 Å². The molecule has 2 heteroatoms. The molecule has 2 nitrogen and oxygen atoms in total. The Morgan fingerprint density at radius 1 is 1.25 bits per heavy atom. The Kier molecular flexibility index (Phi) is 6.37. The predicted molar refractivity (Wildman–Crippen MR) is 71.8 cm³/mol. The van der Waals surface area contributed by atoms with E-state index in [1.165, 1.54) is 45.3 Å². The summed E-state index contributed by atoms with van der Waals surface area (Å²) < 4.78 is 0. The third-order valence-corrected chi connectivity index (χ3v) is 3.92. The van der Waals surface area contributed by atoms with Crippen LogP contribution in [0.1, 0.15) is 53.4 Å². The highest BCUT2D eigenvalue weighted by molar-refractivity contribution is 4.85. The Balaban J connectivity index is 2.38. The summed E-state index contributed by atoms with van der Waals surface area (Å²) in [5.41, 5.74) is 0. The van der Waals surface area contributed by atoms with E-state index in [1.807, 2.05) is 0 Å². The van der Waals surface area contributed by atoms with Crippen LogP contribution in [0.4, 0.5) is 0 Å². The molecule has 2 unspecified atom stereocenters. The molecular weight excluding hydrogens is 196 g/mol. The third-order valence-electron chi connectivity index (χ3n) is 3.92. The lowest BCUT2D eigenvalue weighted by Crippen LogP contribution is -2.42. The van der Waals surface area contributed by atoms with Crippen LogP contribution in [0.5, 0.6) is 0 Å². The van der Waals surface area contributed by atoms with Crippen LogP contribution < -0.4 is 5.32 Å². The molecule has 1 saturated carbocycles. The maximum atomic E-state index is 3.72. The van der Waals surface area contributed by atoms with Gasteiger partial charge in [-0.3, -0.25) is 0 Å². The molecule has 0 aromatic carbocycles. The second-order valence-corrected chi connectivity index (χ2v) is 5.43. The summed E-state index contributed by atoms with van der Waals surface area (Å²) in [7, 11) is 0. The van der Waals surface area contributed by atoms with Gasteiger partial charge in [0.1, 0.15) is 0 Å². The lowest BCUT2D eigenvalue weighted by atomic mass is 10.0. The van der Waals surface area contributed by atoms with Crippen molar-refractivity contribution in [3.05, 3.63) is 0 Å². The van der Waals surface area contributed by atoms with E-state index < -0.39 is 0 Å². The molecule has 16 heavy (non-hydrogen) atoms. The van der Waals surface area contributed by atoms with Crippen LogP contribution in [-0.4, -0.2) is 36.6 Å². The van der Waals surface area contributed by atoms with Gasteiger partial charge in [-0.25, -0.2) is 0 Å². The molecular formula is C14H30N2. The van der Waals surface area contributed by atoms with Crippen molar-refractivity contribution < 1.29 is 0 Å². The first-order valence-corrected chi connectivity index (χ1v) is 7.16. The Bertz CT molecular complexity index is 180. The topological polar surface area (TPSA) is 15.3 Å². The summed E-state index contributed by atoms with van der Waals surface area (Å²) in [4.78, 5) is 2.61. The van der Waals surface area contributed by atoms with Crippen molar-refractivity contribution in [1.29, 1.82) is 0 Å². The van der Waals surface area contributed by atoms with Crippen molar-refractivity contribution in [1.82, 2.24) is 10.2 Å². The van der Waals surface area contributed by atoms with E-state index in [4.69, 9.17) is 0 Å². The van der Waals surface area contributed by atoms with Gasteiger partial charge in [0, 0.05) is 18.6 Å². The first-order chi connectivity index (χ1) is 7.69. The van der Waals surface area contributed by atoms with Crippen molar-refractivity contribution in [2.24, 2.45) is 5.92 Å². The highest BCUT2D eigenvalue weighted by atomic mass is 15.1. The average Bonchev–Trinajstić information content (AvgIpc) is 2.69. The fourth-order valence-electron chi connectivity index (χ4n) is 2.86. The van der Waals surface area contributed by atoms with E-state index >= 15 is 0 Å². The van der Waals surface area contributed by atoms with Crippen LogP contribution >= 0.6 is 0 Å². The maximum absolute atomic E-state index is 3.72. The third kappa shape index (κ3) is 4.06. The Morgan fingerprint density at radius 3 is 2.56 bits per heavy atom. The van der Waals surface area contributed by atoms with Crippen LogP contribution in [0, 0.1) is 5.92 Å². The summed E-state index contributed by atoms with van der Waals surface area (Å²) in [6.45, 7) is 12.8. The highest BCUT2D eigenvalue weighted by Gasteiger charge is 2.28. The second kappa shape index (κ2) is 7.29. The normalized spacial score (nSPS) is 25.9. The molecule has 0 aromatic heterocycles. The fraction of sp³-hybridized carbons (Fsp3) is 1.00. The van der Waals surface area contributed by atoms with Crippen molar-refractivity contribution >= 4 is 0 Å². The lowest BCUT2D eigenvalue weighted by Gasteiger charge is -2.31. The zero-order valence-corrected chi connectivity index (χ0v) is 11.6. The predicted octanol–water partition coefficient (Wildman–Crippen LogP) is 2.89. The van der Waals surface area contributed by atoms with E-state index in [1.54, 1.807) is 0 Å². The molecule has 2 atom stereocenters. The van der Waals surface area contributed by atoms with E-state index in [9.17, 15) is 0 Å². The largest absolute Gasteiger partial charge is 0.314 e. The molecule has 0 aliphatic heterocycles. The first-order valence-electron chi connectivity index (χ1n) is 7.16. The summed E-state index contributed by atoms with van der Waals surface area (Å²) in [6, 6.07) is 1.48. The SMILES string of the molecule is CCCNC1CCCC1CN(CC)C(C)C. The van der Waals surface area contributed by atoms with Gasteiger partial charge >= 0.3 is 0 Å². The second-order valence-electron chi connectivity index (χ2n) is 5.43. The fourth-order valence-corrected chi connectivity index (χ4v) is 2.86. The van der Waals surface area contributed by atoms with Crippen molar-refractivity contribution in [2.75, 3.05) is 19.6 Å². The summed E-state index contributed by atoms with van der Waals surface area (Å²) in [5, 5.41) is 3.72. The molecule has 0 spiro atoms. The molecule has 1 rings (SSSR count). The Morgan fingerprint density at radius 2 is 2.00 bits per heavy atom. The number of rotatable bonds is 7. The van der Waals surface area contributed by atoms with E-state index in [-0.39, 0.29) is 0 Å². The minimum atomic E-state index is 0.692. The smallest absolute Gasteiger partial charge is 0.0107 e. The molecule has 1 fully saturated rings. The first kappa shape index (κ1) is 14.0. The Labute approximate surface area is 102 Å².